The number of halogens is 1. The van der Waals surface area contributed by atoms with Crippen LogP contribution in [0.5, 0.6) is 0 Å². The summed E-state index contributed by atoms with van der Waals surface area (Å²) in [5, 5.41) is 3.44. The quantitative estimate of drug-likeness (QED) is 0.447. The summed E-state index contributed by atoms with van der Waals surface area (Å²) < 4.78 is 46.9. The highest BCUT2D eigenvalue weighted by molar-refractivity contribution is 7.86. The molecule has 0 saturated carbocycles. The molecule has 8 heteroatoms. The van der Waals surface area contributed by atoms with E-state index in [2.05, 4.69) is 9.44 Å². The van der Waals surface area contributed by atoms with Gasteiger partial charge in [0.15, 0.2) is 5.71 Å². The van der Waals surface area contributed by atoms with E-state index in [0.717, 1.165) is 17.7 Å². The van der Waals surface area contributed by atoms with Gasteiger partial charge in [0.25, 0.3) is 0 Å². The minimum atomic E-state index is -4.21. The van der Waals surface area contributed by atoms with Crippen LogP contribution in [0.4, 0.5) is 4.39 Å². The summed E-state index contributed by atoms with van der Waals surface area (Å²) in [5.74, 6) is -1.40. The summed E-state index contributed by atoms with van der Waals surface area (Å²) in [7, 11) is -4.21. The molecule has 0 radical (unpaired) electrons. The van der Waals surface area contributed by atoms with Crippen molar-refractivity contribution in [1.82, 2.24) is 0 Å². The van der Waals surface area contributed by atoms with Crippen molar-refractivity contribution in [3.63, 3.8) is 0 Å². The number of benzene rings is 2. The van der Waals surface area contributed by atoms with Gasteiger partial charge < -0.3 is 4.74 Å². The molecule has 0 aliphatic heterocycles. The van der Waals surface area contributed by atoms with Crippen LogP contribution >= 0.6 is 0 Å². The predicted molar refractivity (Wildman–Crippen MR) is 89.0 cm³/mol. The van der Waals surface area contributed by atoms with Gasteiger partial charge in [-0.1, -0.05) is 22.9 Å². The fourth-order valence-electron chi connectivity index (χ4n) is 1.85. The second-order valence-corrected chi connectivity index (χ2v) is 6.54. The van der Waals surface area contributed by atoms with E-state index in [9.17, 15) is 17.6 Å². The minimum Gasteiger partial charge on any atom is -0.461 e. The number of hydrogen-bond acceptors (Lipinski definition) is 6. The highest BCUT2D eigenvalue weighted by atomic mass is 32.2. The van der Waals surface area contributed by atoms with Gasteiger partial charge in [-0.05, 0) is 50.2 Å². The fourth-order valence-corrected chi connectivity index (χ4v) is 2.58. The number of carbonyl (C=O) groups excluding carboxylic acids is 1. The van der Waals surface area contributed by atoms with Crippen LogP contribution in [0.15, 0.2) is 58.6 Å². The zero-order chi connectivity index (χ0) is 18.4. The molecule has 0 saturated heterocycles. The first-order valence-electron chi connectivity index (χ1n) is 7.35. The van der Waals surface area contributed by atoms with E-state index in [1.807, 2.05) is 6.92 Å². The summed E-state index contributed by atoms with van der Waals surface area (Å²) in [6.07, 6.45) is 0. The Morgan fingerprint density at radius 2 is 1.68 bits per heavy atom. The van der Waals surface area contributed by atoms with Crippen LogP contribution in [-0.2, 0) is 23.9 Å². The Bertz CT molecular complexity index is 874. The number of aryl methyl sites for hydroxylation is 1. The van der Waals surface area contributed by atoms with Crippen LogP contribution in [0.2, 0.25) is 0 Å². The molecule has 0 heterocycles. The van der Waals surface area contributed by atoms with E-state index in [1.165, 1.54) is 24.3 Å². The summed E-state index contributed by atoms with van der Waals surface area (Å²) >= 11 is 0. The van der Waals surface area contributed by atoms with Crippen molar-refractivity contribution < 1.29 is 26.6 Å². The molecule has 0 spiro atoms. The standard InChI is InChI=1S/C17H16FNO5S/c1-3-23-17(20)16(13-6-8-14(18)9-7-13)19-24-25(21,22)15-10-4-12(2)5-11-15/h4-11H,3H2,1-2H3. The maximum Gasteiger partial charge on any atom is 0.361 e. The second kappa shape index (κ2) is 7.89. The summed E-state index contributed by atoms with van der Waals surface area (Å²) in [4.78, 5) is 11.9. The Morgan fingerprint density at radius 3 is 2.24 bits per heavy atom. The Morgan fingerprint density at radius 1 is 1.08 bits per heavy atom. The smallest absolute Gasteiger partial charge is 0.361 e. The molecule has 0 atom stereocenters. The molecule has 0 aromatic heterocycles. The van der Waals surface area contributed by atoms with E-state index in [-0.39, 0.29) is 22.8 Å². The summed E-state index contributed by atoms with van der Waals surface area (Å²) in [5.41, 5.74) is 0.664. The van der Waals surface area contributed by atoms with E-state index in [1.54, 1.807) is 19.1 Å². The molecule has 2 aromatic carbocycles. The van der Waals surface area contributed by atoms with Gasteiger partial charge in [-0.3, -0.25) is 4.28 Å². The first kappa shape index (κ1) is 18.6. The van der Waals surface area contributed by atoms with Gasteiger partial charge in [0.1, 0.15) is 10.7 Å². The Kier molecular flexibility index (Phi) is 5.87. The zero-order valence-corrected chi connectivity index (χ0v) is 14.4. The Balaban J connectivity index is 2.35. The van der Waals surface area contributed by atoms with Crippen molar-refractivity contribution in [2.45, 2.75) is 18.7 Å². The molecule has 2 rings (SSSR count). The first-order valence-corrected chi connectivity index (χ1v) is 8.75. The first-order chi connectivity index (χ1) is 11.8. The molecule has 0 unspecified atom stereocenters. The maximum atomic E-state index is 13.0. The second-order valence-electron chi connectivity index (χ2n) is 5.01. The maximum absolute atomic E-state index is 13.0. The molecule has 6 nitrogen and oxygen atoms in total. The third-order valence-electron chi connectivity index (χ3n) is 3.12. The molecule has 0 N–H and O–H groups in total. The lowest BCUT2D eigenvalue weighted by Crippen LogP contribution is -2.20. The van der Waals surface area contributed by atoms with Crippen LogP contribution in [0.25, 0.3) is 0 Å². The third kappa shape index (κ3) is 4.87. The number of hydrogen-bond donors (Lipinski definition) is 0. The minimum absolute atomic E-state index is 0.0593. The molecule has 0 aliphatic rings. The summed E-state index contributed by atoms with van der Waals surface area (Å²) in [6, 6.07) is 10.7. The molecule has 2 aromatic rings. The van der Waals surface area contributed by atoms with E-state index < -0.39 is 21.9 Å². The molecule has 0 bridgehead atoms. The number of ether oxygens (including phenoxy) is 1. The van der Waals surface area contributed by atoms with Gasteiger partial charge in [-0.15, -0.1) is 0 Å². The SMILES string of the molecule is CCOC(=O)C(=NOS(=O)(=O)c1ccc(C)cc1)c1ccc(F)cc1. The van der Waals surface area contributed by atoms with Crippen molar-refractivity contribution in [2.24, 2.45) is 5.16 Å². The van der Waals surface area contributed by atoms with Gasteiger partial charge in [-0.2, -0.15) is 8.42 Å². The zero-order valence-electron chi connectivity index (χ0n) is 13.6. The number of carbonyl (C=O) groups is 1. The van der Waals surface area contributed by atoms with Crippen molar-refractivity contribution in [3.05, 3.63) is 65.5 Å². The highest BCUT2D eigenvalue weighted by Crippen LogP contribution is 2.15. The average molecular weight is 365 g/mol. The van der Waals surface area contributed by atoms with Crippen LogP contribution < -0.4 is 0 Å². The molecular weight excluding hydrogens is 349 g/mol. The Labute approximate surface area is 145 Å². The van der Waals surface area contributed by atoms with E-state index in [0.29, 0.717) is 0 Å². The lowest BCUT2D eigenvalue weighted by molar-refractivity contribution is -0.135. The average Bonchev–Trinajstić information content (AvgIpc) is 2.57. The molecule has 0 amide bonds. The van der Waals surface area contributed by atoms with Crippen molar-refractivity contribution >= 4 is 21.8 Å². The number of oxime groups is 1. The Hall–Kier alpha value is -2.74. The predicted octanol–water partition coefficient (Wildman–Crippen LogP) is 2.81. The topological polar surface area (TPSA) is 82.0 Å². The van der Waals surface area contributed by atoms with Gasteiger partial charge in [-0.25, -0.2) is 9.18 Å². The molecule has 25 heavy (non-hydrogen) atoms. The van der Waals surface area contributed by atoms with Crippen molar-refractivity contribution in [1.29, 1.82) is 0 Å². The largest absolute Gasteiger partial charge is 0.461 e. The van der Waals surface area contributed by atoms with Crippen molar-refractivity contribution in [2.75, 3.05) is 6.61 Å². The van der Waals surface area contributed by atoms with Crippen molar-refractivity contribution in [3.8, 4) is 0 Å². The lowest BCUT2D eigenvalue weighted by Gasteiger charge is -2.07. The third-order valence-corrected chi connectivity index (χ3v) is 4.24. The van der Waals surface area contributed by atoms with Gasteiger partial charge in [0.05, 0.1) is 6.61 Å². The molecule has 132 valence electrons. The normalized spacial score (nSPS) is 11.9. The number of esters is 1. The number of rotatable bonds is 6. The molecule has 0 fully saturated rings. The monoisotopic (exact) mass is 365 g/mol. The number of nitrogens with zero attached hydrogens (tertiary/aromatic N) is 1. The van der Waals surface area contributed by atoms with Gasteiger partial charge in [0, 0.05) is 5.56 Å². The van der Waals surface area contributed by atoms with Gasteiger partial charge in [0.2, 0.25) is 0 Å². The van der Waals surface area contributed by atoms with Crippen LogP contribution in [0.1, 0.15) is 18.1 Å². The summed E-state index contributed by atoms with van der Waals surface area (Å²) in [6.45, 7) is 3.46. The molecule has 0 aliphatic carbocycles. The molecular formula is C17H16FNO5S. The van der Waals surface area contributed by atoms with E-state index in [4.69, 9.17) is 4.74 Å². The highest BCUT2D eigenvalue weighted by Gasteiger charge is 2.21. The fraction of sp³-hybridized carbons (Fsp3) is 0.176. The van der Waals surface area contributed by atoms with Gasteiger partial charge >= 0.3 is 16.1 Å². The van der Waals surface area contributed by atoms with Crippen LogP contribution in [0.3, 0.4) is 0 Å². The lowest BCUT2D eigenvalue weighted by atomic mass is 10.1. The van der Waals surface area contributed by atoms with E-state index >= 15 is 0 Å². The van der Waals surface area contributed by atoms with Crippen LogP contribution in [0, 0.1) is 12.7 Å². The van der Waals surface area contributed by atoms with Crippen LogP contribution in [-0.4, -0.2) is 26.7 Å².